The van der Waals surface area contributed by atoms with E-state index in [1.165, 1.54) is 0 Å². The molecule has 0 N–H and O–H groups in total. The summed E-state index contributed by atoms with van der Waals surface area (Å²) < 4.78 is 9.75. The van der Waals surface area contributed by atoms with Crippen LogP contribution in [-0.4, -0.2) is 25.3 Å². The van der Waals surface area contributed by atoms with Gasteiger partial charge in [0.15, 0.2) is 0 Å². The van der Waals surface area contributed by atoms with E-state index in [9.17, 15) is 4.79 Å². The summed E-state index contributed by atoms with van der Waals surface area (Å²) in [4.78, 5) is 10.5. The van der Waals surface area contributed by atoms with E-state index in [0.717, 1.165) is 6.42 Å². The molecule has 1 unspecified atom stereocenters. The molecule has 1 rings (SSSR count). The minimum atomic E-state index is -0.250. The molecule has 0 bridgehead atoms. The van der Waals surface area contributed by atoms with Crippen molar-refractivity contribution in [3.63, 3.8) is 0 Å². The summed E-state index contributed by atoms with van der Waals surface area (Å²) >= 11 is 0. The molecular weight excluding hydrogens is 120 g/mol. The molecule has 3 nitrogen and oxygen atoms in total. The van der Waals surface area contributed by atoms with Gasteiger partial charge < -0.3 is 9.47 Å². The Bertz CT molecular complexity index is 111. The summed E-state index contributed by atoms with van der Waals surface area (Å²) in [6.07, 6.45) is 0.839. The van der Waals surface area contributed by atoms with Gasteiger partial charge in [0.2, 0.25) is 0 Å². The Balaban J connectivity index is 2.37. The zero-order chi connectivity index (χ0) is 6.69. The maximum absolute atomic E-state index is 10.5. The number of cyclic esters (lactones) is 1. The quantitative estimate of drug-likeness (QED) is 0.443. The molecule has 3 heteroatoms. The number of esters is 1. The first-order valence-electron chi connectivity index (χ1n) is 3.06. The highest BCUT2D eigenvalue weighted by Gasteiger charge is 2.13. The zero-order valence-electron chi connectivity index (χ0n) is 5.42. The van der Waals surface area contributed by atoms with E-state index in [0.29, 0.717) is 6.61 Å². The number of carbonyl (C=O) groups excluding carboxylic acids is 1. The Morgan fingerprint density at radius 1 is 1.67 bits per heavy atom. The predicted octanol–water partition coefficient (Wildman–Crippen LogP) is 0.338. The van der Waals surface area contributed by atoms with Crippen molar-refractivity contribution in [2.75, 3.05) is 13.2 Å². The average molecular weight is 130 g/mol. The lowest BCUT2D eigenvalue weighted by Gasteiger charge is -2.05. The van der Waals surface area contributed by atoms with Gasteiger partial charge in [0.25, 0.3) is 0 Å². The molecule has 1 saturated heterocycles. The van der Waals surface area contributed by atoms with Crippen molar-refractivity contribution in [1.82, 2.24) is 0 Å². The van der Waals surface area contributed by atoms with Crippen LogP contribution in [0.15, 0.2) is 0 Å². The number of hydrogen-bond acceptors (Lipinski definition) is 3. The van der Waals surface area contributed by atoms with E-state index in [-0.39, 0.29) is 18.7 Å². The van der Waals surface area contributed by atoms with Crippen LogP contribution in [-0.2, 0) is 14.3 Å². The average Bonchev–Trinajstić information content (AvgIpc) is 1.93. The van der Waals surface area contributed by atoms with Gasteiger partial charge in [-0.15, -0.1) is 0 Å². The molecular formula is C6H10O3. The Morgan fingerprint density at radius 2 is 2.44 bits per heavy atom. The maximum atomic E-state index is 10.5. The third kappa shape index (κ3) is 2.01. The molecule has 0 radical (unpaired) electrons. The van der Waals surface area contributed by atoms with Crippen LogP contribution < -0.4 is 0 Å². The summed E-state index contributed by atoms with van der Waals surface area (Å²) in [6, 6.07) is 0. The lowest BCUT2D eigenvalue weighted by atomic mass is 10.3. The molecule has 0 amide bonds. The molecule has 0 aromatic rings. The van der Waals surface area contributed by atoms with Crippen LogP contribution in [0.3, 0.4) is 0 Å². The molecule has 1 aliphatic rings. The SMILES string of the molecule is CC1CCOCC(=O)O1. The standard InChI is InChI=1S/C6H10O3/c1-5-2-3-8-4-6(7)9-5/h5H,2-4H2,1H3. The summed E-state index contributed by atoms with van der Waals surface area (Å²) in [5, 5.41) is 0. The van der Waals surface area contributed by atoms with Gasteiger partial charge in [-0.2, -0.15) is 0 Å². The van der Waals surface area contributed by atoms with E-state index < -0.39 is 0 Å². The van der Waals surface area contributed by atoms with Crippen molar-refractivity contribution in [1.29, 1.82) is 0 Å². The fourth-order valence-corrected chi connectivity index (χ4v) is 0.722. The number of hydrogen-bond donors (Lipinski definition) is 0. The highest BCUT2D eigenvalue weighted by Crippen LogP contribution is 2.02. The lowest BCUT2D eigenvalue weighted by molar-refractivity contribution is -0.149. The Labute approximate surface area is 53.9 Å². The first kappa shape index (κ1) is 6.55. The lowest BCUT2D eigenvalue weighted by Crippen LogP contribution is -2.13. The topological polar surface area (TPSA) is 35.5 Å². The normalized spacial score (nSPS) is 29.0. The summed E-state index contributed by atoms with van der Waals surface area (Å²) in [5.74, 6) is -0.250. The van der Waals surface area contributed by atoms with Gasteiger partial charge in [-0.3, -0.25) is 0 Å². The largest absolute Gasteiger partial charge is 0.461 e. The van der Waals surface area contributed by atoms with Crippen molar-refractivity contribution in [3.8, 4) is 0 Å². The van der Waals surface area contributed by atoms with Gasteiger partial charge >= 0.3 is 5.97 Å². The van der Waals surface area contributed by atoms with Gasteiger partial charge in [-0.1, -0.05) is 0 Å². The van der Waals surface area contributed by atoms with E-state index >= 15 is 0 Å². The van der Waals surface area contributed by atoms with Crippen LogP contribution >= 0.6 is 0 Å². The van der Waals surface area contributed by atoms with Gasteiger partial charge in [-0.05, 0) is 6.92 Å². The molecule has 0 aromatic carbocycles. The van der Waals surface area contributed by atoms with E-state index in [4.69, 9.17) is 9.47 Å². The van der Waals surface area contributed by atoms with Crippen LogP contribution in [0.4, 0.5) is 0 Å². The molecule has 1 aliphatic heterocycles. The van der Waals surface area contributed by atoms with Crippen molar-refractivity contribution >= 4 is 5.97 Å². The van der Waals surface area contributed by atoms with Crippen molar-refractivity contribution in [3.05, 3.63) is 0 Å². The summed E-state index contributed by atoms with van der Waals surface area (Å²) in [5.41, 5.74) is 0. The second kappa shape index (κ2) is 2.82. The number of ether oxygens (including phenoxy) is 2. The van der Waals surface area contributed by atoms with Crippen LogP contribution in [0.2, 0.25) is 0 Å². The number of carbonyl (C=O) groups is 1. The van der Waals surface area contributed by atoms with Gasteiger partial charge in [0.1, 0.15) is 12.7 Å². The Hall–Kier alpha value is -0.570. The van der Waals surface area contributed by atoms with E-state index in [1.807, 2.05) is 6.92 Å². The highest BCUT2D eigenvalue weighted by molar-refractivity contribution is 5.71. The van der Waals surface area contributed by atoms with Crippen molar-refractivity contribution in [2.45, 2.75) is 19.4 Å². The van der Waals surface area contributed by atoms with Crippen LogP contribution in [0.1, 0.15) is 13.3 Å². The predicted molar refractivity (Wildman–Crippen MR) is 31.0 cm³/mol. The van der Waals surface area contributed by atoms with Gasteiger partial charge in [-0.25, -0.2) is 4.79 Å². The fourth-order valence-electron chi connectivity index (χ4n) is 0.722. The molecule has 9 heavy (non-hydrogen) atoms. The van der Waals surface area contributed by atoms with Crippen molar-refractivity contribution in [2.24, 2.45) is 0 Å². The zero-order valence-corrected chi connectivity index (χ0v) is 5.42. The minimum absolute atomic E-state index is 0.0278. The maximum Gasteiger partial charge on any atom is 0.332 e. The molecule has 0 aromatic heterocycles. The second-order valence-electron chi connectivity index (χ2n) is 2.14. The van der Waals surface area contributed by atoms with Gasteiger partial charge in [0, 0.05) is 6.42 Å². The highest BCUT2D eigenvalue weighted by atomic mass is 16.6. The van der Waals surface area contributed by atoms with Crippen LogP contribution in [0.25, 0.3) is 0 Å². The molecule has 52 valence electrons. The van der Waals surface area contributed by atoms with E-state index in [1.54, 1.807) is 0 Å². The van der Waals surface area contributed by atoms with E-state index in [2.05, 4.69) is 0 Å². The molecule has 0 spiro atoms. The summed E-state index contributed by atoms with van der Waals surface area (Å²) in [7, 11) is 0. The number of rotatable bonds is 0. The first-order valence-corrected chi connectivity index (χ1v) is 3.06. The minimum Gasteiger partial charge on any atom is -0.461 e. The third-order valence-electron chi connectivity index (χ3n) is 1.22. The van der Waals surface area contributed by atoms with Gasteiger partial charge in [0.05, 0.1) is 6.61 Å². The third-order valence-corrected chi connectivity index (χ3v) is 1.22. The molecule has 0 aliphatic carbocycles. The monoisotopic (exact) mass is 130 g/mol. The molecule has 1 heterocycles. The Morgan fingerprint density at radius 3 is 3.22 bits per heavy atom. The Kier molecular flexibility index (Phi) is 2.05. The summed E-state index contributed by atoms with van der Waals surface area (Å²) in [6.45, 7) is 2.61. The smallest absolute Gasteiger partial charge is 0.332 e. The molecule has 1 atom stereocenters. The fraction of sp³-hybridized carbons (Fsp3) is 0.833. The van der Waals surface area contributed by atoms with Crippen LogP contribution in [0, 0.1) is 0 Å². The van der Waals surface area contributed by atoms with Crippen LogP contribution in [0.5, 0.6) is 0 Å². The molecule has 0 saturated carbocycles. The van der Waals surface area contributed by atoms with Crippen molar-refractivity contribution < 1.29 is 14.3 Å². The first-order chi connectivity index (χ1) is 4.29. The second-order valence-corrected chi connectivity index (χ2v) is 2.14. The molecule has 1 fully saturated rings.